The molecule has 2 aromatic rings. The highest BCUT2D eigenvalue weighted by molar-refractivity contribution is 7.99. The number of nitrogens with one attached hydrogen (secondary N) is 1. The third kappa shape index (κ3) is 4.50. The minimum atomic E-state index is -4.33. The highest BCUT2D eigenvalue weighted by Gasteiger charge is 2.31. The molecule has 1 atom stereocenters. The second kappa shape index (κ2) is 7.00. The zero-order valence-electron chi connectivity index (χ0n) is 11.4. The van der Waals surface area contributed by atoms with E-state index >= 15 is 0 Å². The van der Waals surface area contributed by atoms with Crippen LogP contribution in [-0.2, 0) is 6.18 Å². The molecule has 1 aromatic carbocycles. The van der Waals surface area contributed by atoms with Crippen molar-refractivity contribution in [1.82, 2.24) is 10.3 Å². The van der Waals surface area contributed by atoms with Crippen molar-refractivity contribution in [2.24, 2.45) is 0 Å². The van der Waals surface area contributed by atoms with Gasteiger partial charge >= 0.3 is 6.18 Å². The van der Waals surface area contributed by atoms with E-state index in [1.807, 2.05) is 6.92 Å². The molecular weight excluding hydrogens is 301 g/mol. The summed E-state index contributed by atoms with van der Waals surface area (Å²) in [6, 6.07) is 5.18. The third-order valence-corrected chi connectivity index (χ3v) is 3.80. The first kappa shape index (κ1) is 15.9. The standard InChI is InChI=1S/C14H15F3N2OS/c1-2-18-12(9-21-13-19-6-7-20-13)10-4-3-5-11(8-10)14(15,16)17/h3-8,12,18H,2,9H2,1H3. The van der Waals surface area contributed by atoms with Crippen molar-refractivity contribution in [3.8, 4) is 0 Å². The molecule has 0 spiro atoms. The molecule has 0 amide bonds. The second-order valence-corrected chi connectivity index (χ2v) is 5.31. The van der Waals surface area contributed by atoms with Crippen molar-refractivity contribution in [1.29, 1.82) is 0 Å². The van der Waals surface area contributed by atoms with Gasteiger partial charge in [-0.15, -0.1) is 0 Å². The largest absolute Gasteiger partial charge is 0.440 e. The quantitative estimate of drug-likeness (QED) is 0.813. The number of halogens is 3. The lowest BCUT2D eigenvalue weighted by Crippen LogP contribution is -2.23. The number of oxazole rings is 1. The summed E-state index contributed by atoms with van der Waals surface area (Å²) in [4.78, 5) is 3.99. The highest BCUT2D eigenvalue weighted by Crippen LogP contribution is 2.32. The van der Waals surface area contributed by atoms with Crippen molar-refractivity contribution in [3.63, 3.8) is 0 Å². The first-order valence-electron chi connectivity index (χ1n) is 6.43. The zero-order valence-corrected chi connectivity index (χ0v) is 12.2. The molecule has 0 aliphatic carbocycles. The normalized spacial score (nSPS) is 13.3. The van der Waals surface area contributed by atoms with Crippen LogP contribution in [0.5, 0.6) is 0 Å². The monoisotopic (exact) mass is 316 g/mol. The second-order valence-electron chi connectivity index (χ2n) is 4.34. The number of aromatic nitrogens is 1. The minimum Gasteiger partial charge on any atom is -0.440 e. The summed E-state index contributed by atoms with van der Waals surface area (Å²) in [5.74, 6) is 0.537. The summed E-state index contributed by atoms with van der Waals surface area (Å²) in [6.07, 6.45) is -1.33. The van der Waals surface area contributed by atoms with E-state index < -0.39 is 11.7 Å². The van der Waals surface area contributed by atoms with E-state index in [4.69, 9.17) is 4.42 Å². The maximum Gasteiger partial charge on any atom is 0.416 e. The van der Waals surface area contributed by atoms with Crippen LogP contribution < -0.4 is 5.32 Å². The van der Waals surface area contributed by atoms with Crippen LogP contribution in [0, 0.1) is 0 Å². The minimum absolute atomic E-state index is 0.200. The van der Waals surface area contributed by atoms with Crippen molar-refractivity contribution >= 4 is 11.8 Å². The van der Waals surface area contributed by atoms with Crippen molar-refractivity contribution in [2.45, 2.75) is 24.4 Å². The van der Waals surface area contributed by atoms with E-state index in [-0.39, 0.29) is 6.04 Å². The molecule has 0 aliphatic heterocycles. The first-order valence-corrected chi connectivity index (χ1v) is 7.42. The Balaban J connectivity index is 2.13. The molecule has 1 N–H and O–H groups in total. The molecule has 0 saturated carbocycles. The van der Waals surface area contributed by atoms with E-state index in [2.05, 4.69) is 10.3 Å². The van der Waals surface area contributed by atoms with Crippen LogP contribution in [0.25, 0.3) is 0 Å². The first-order chi connectivity index (χ1) is 10.0. The Morgan fingerprint density at radius 2 is 2.19 bits per heavy atom. The van der Waals surface area contributed by atoms with Gasteiger partial charge in [-0.3, -0.25) is 0 Å². The van der Waals surface area contributed by atoms with E-state index in [0.717, 1.165) is 6.07 Å². The fourth-order valence-electron chi connectivity index (χ4n) is 1.89. The fourth-order valence-corrected chi connectivity index (χ4v) is 2.77. The number of alkyl halides is 3. The summed E-state index contributed by atoms with van der Waals surface area (Å²) in [7, 11) is 0. The average Bonchev–Trinajstić information content (AvgIpc) is 2.96. The maximum atomic E-state index is 12.8. The van der Waals surface area contributed by atoms with Crippen LogP contribution in [0.15, 0.2) is 46.4 Å². The Morgan fingerprint density at radius 3 is 2.81 bits per heavy atom. The van der Waals surface area contributed by atoms with Crippen LogP contribution in [0.2, 0.25) is 0 Å². The third-order valence-electron chi connectivity index (χ3n) is 2.85. The van der Waals surface area contributed by atoms with Gasteiger partial charge in [0.15, 0.2) is 0 Å². The number of rotatable bonds is 6. The lowest BCUT2D eigenvalue weighted by molar-refractivity contribution is -0.137. The van der Waals surface area contributed by atoms with Gasteiger partial charge in [-0.05, 0) is 24.2 Å². The summed E-state index contributed by atoms with van der Waals surface area (Å²) in [5, 5.41) is 3.69. The molecule has 114 valence electrons. The molecule has 1 aromatic heterocycles. The molecule has 0 saturated heterocycles. The highest BCUT2D eigenvalue weighted by atomic mass is 32.2. The predicted molar refractivity (Wildman–Crippen MR) is 75.1 cm³/mol. The van der Waals surface area contributed by atoms with E-state index in [9.17, 15) is 13.2 Å². The van der Waals surface area contributed by atoms with Crippen LogP contribution in [0.3, 0.4) is 0 Å². The van der Waals surface area contributed by atoms with Crippen LogP contribution in [-0.4, -0.2) is 17.3 Å². The predicted octanol–water partition coefficient (Wildman–Crippen LogP) is 4.14. The van der Waals surface area contributed by atoms with Gasteiger partial charge < -0.3 is 9.73 Å². The van der Waals surface area contributed by atoms with Crippen LogP contribution in [0.1, 0.15) is 24.1 Å². The molecule has 21 heavy (non-hydrogen) atoms. The van der Waals surface area contributed by atoms with E-state index in [1.54, 1.807) is 6.07 Å². The smallest absolute Gasteiger partial charge is 0.416 e. The molecule has 3 nitrogen and oxygen atoms in total. The number of benzene rings is 1. The molecule has 0 radical (unpaired) electrons. The Labute approximate surface area is 124 Å². The Morgan fingerprint density at radius 1 is 1.38 bits per heavy atom. The van der Waals surface area contributed by atoms with Crippen molar-refractivity contribution in [3.05, 3.63) is 47.9 Å². The molecule has 0 aliphatic rings. The zero-order chi connectivity index (χ0) is 15.3. The average molecular weight is 316 g/mol. The van der Waals surface area contributed by atoms with Gasteiger partial charge in [0.25, 0.3) is 5.22 Å². The maximum absolute atomic E-state index is 12.8. The molecule has 0 bridgehead atoms. The SMILES string of the molecule is CCNC(CSc1ncco1)c1cccc(C(F)(F)F)c1. The lowest BCUT2D eigenvalue weighted by Gasteiger charge is -2.18. The van der Waals surface area contributed by atoms with Crippen LogP contribution in [0.4, 0.5) is 13.2 Å². The Bertz CT molecular complexity index is 558. The van der Waals surface area contributed by atoms with Gasteiger partial charge in [0, 0.05) is 11.8 Å². The summed E-state index contributed by atoms with van der Waals surface area (Å²) >= 11 is 1.36. The Kier molecular flexibility index (Phi) is 5.30. The molecule has 7 heteroatoms. The van der Waals surface area contributed by atoms with Gasteiger partial charge in [-0.25, -0.2) is 4.98 Å². The number of thioether (sulfide) groups is 1. The fraction of sp³-hybridized carbons (Fsp3) is 0.357. The Hall–Kier alpha value is -1.47. The van der Waals surface area contributed by atoms with Gasteiger partial charge in [0.1, 0.15) is 6.26 Å². The molecule has 0 fully saturated rings. The summed E-state index contributed by atoms with van der Waals surface area (Å²) in [6.45, 7) is 2.57. The van der Waals surface area contributed by atoms with E-state index in [1.165, 1.54) is 36.4 Å². The molecule has 1 heterocycles. The van der Waals surface area contributed by atoms with Gasteiger partial charge in [-0.2, -0.15) is 13.2 Å². The summed E-state index contributed by atoms with van der Waals surface area (Å²) in [5.41, 5.74) is -0.0326. The number of hydrogen-bond acceptors (Lipinski definition) is 4. The van der Waals surface area contributed by atoms with Crippen molar-refractivity contribution < 1.29 is 17.6 Å². The summed E-state index contributed by atoms with van der Waals surface area (Å²) < 4.78 is 43.4. The number of hydrogen-bond donors (Lipinski definition) is 1. The van der Waals surface area contributed by atoms with Gasteiger partial charge in [0.05, 0.1) is 11.8 Å². The van der Waals surface area contributed by atoms with E-state index in [0.29, 0.717) is 23.1 Å². The molecule has 2 rings (SSSR count). The van der Waals surface area contributed by atoms with Gasteiger partial charge in [-0.1, -0.05) is 30.8 Å². The van der Waals surface area contributed by atoms with Gasteiger partial charge in [0.2, 0.25) is 0 Å². The van der Waals surface area contributed by atoms with Crippen molar-refractivity contribution in [2.75, 3.05) is 12.3 Å². The molecular formula is C14H15F3N2OS. The van der Waals surface area contributed by atoms with Crippen LogP contribution >= 0.6 is 11.8 Å². The number of nitrogens with zero attached hydrogens (tertiary/aromatic N) is 1. The lowest BCUT2D eigenvalue weighted by atomic mass is 10.0. The molecule has 1 unspecified atom stereocenters. The topological polar surface area (TPSA) is 38.1 Å².